The van der Waals surface area contributed by atoms with Crippen LogP contribution in [0.1, 0.15) is 41.3 Å². The van der Waals surface area contributed by atoms with E-state index in [0.29, 0.717) is 29.6 Å². The van der Waals surface area contributed by atoms with Gasteiger partial charge in [0.05, 0.1) is 10.6 Å². The molecule has 0 unspecified atom stereocenters. The number of thiophene rings is 1. The third-order valence-corrected chi connectivity index (χ3v) is 11.0. The summed E-state index contributed by atoms with van der Waals surface area (Å²) < 4.78 is 23.7. The van der Waals surface area contributed by atoms with Crippen LogP contribution >= 0.6 is 22.9 Å². The fraction of sp³-hybridized carbons (Fsp3) is 0.324. The summed E-state index contributed by atoms with van der Waals surface area (Å²) in [5, 5.41) is 3.92. The number of hydrogen-bond donors (Lipinski definition) is 1. The number of aryl methyl sites for hydroxylation is 1. The van der Waals surface area contributed by atoms with Crippen molar-refractivity contribution in [1.29, 1.82) is 0 Å². The fourth-order valence-electron chi connectivity index (χ4n) is 6.34. The van der Waals surface area contributed by atoms with Crippen LogP contribution in [0.4, 0.5) is 21.6 Å². The van der Waals surface area contributed by atoms with E-state index in [1.807, 2.05) is 25.4 Å². The molecule has 1 amide bonds. The van der Waals surface area contributed by atoms with Gasteiger partial charge in [0.2, 0.25) is 0 Å². The number of carbonyl (C=O) groups excluding carboxylic acids is 2. The third kappa shape index (κ3) is 7.71. The van der Waals surface area contributed by atoms with Crippen molar-refractivity contribution in [2.75, 3.05) is 55.0 Å². The molecule has 5 aromatic rings. The Hall–Kier alpha value is -4.52. The lowest BCUT2D eigenvalue weighted by atomic mass is 9.73. The molecule has 0 saturated carbocycles. The minimum Gasteiger partial charge on any atom is -0.388 e. The highest BCUT2D eigenvalue weighted by Crippen LogP contribution is 2.45. The largest absolute Gasteiger partial charge is 0.388 e. The van der Waals surface area contributed by atoms with Gasteiger partial charge in [-0.2, -0.15) is 4.37 Å². The number of benzene rings is 2. The Kier molecular flexibility index (Phi) is 10.8. The van der Waals surface area contributed by atoms with Crippen LogP contribution < -0.4 is 15.1 Å². The molecule has 8 rings (SSSR count). The van der Waals surface area contributed by atoms with Crippen molar-refractivity contribution in [2.45, 2.75) is 33.1 Å². The van der Waals surface area contributed by atoms with Crippen LogP contribution in [0.3, 0.4) is 0 Å². The molecule has 0 atom stereocenters. The van der Waals surface area contributed by atoms with Crippen molar-refractivity contribution < 1.29 is 18.7 Å². The lowest BCUT2D eigenvalue weighted by molar-refractivity contribution is -0.106. The molecule has 254 valence electrons. The quantitative estimate of drug-likeness (QED) is 0.192. The zero-order valence-corrected chi connectivity index (χ0v) is 29.5. The molecular formula is C37H39FN6O3S2. The lowest BCUT2D eigenvalue weighted by Crippen LogP contribution is -2.58. The number of aromatic nitrogens is 3. The SMILES string of the molecule is CC=O.CNc1ccc(C(=O)N2CCc3cc(-c4ncns4)sc3-c3ccc(F)cc32)cc1.Cc1ccc(N2CC3(CCOCC3)C2)nc1. The highest BCUT2D eigenvalue weighted by Gasteiger charge is 2.44. The predicted molar refractivity (Wildman–Crippen MR) is 195 cm³/mol. The maximum Gasteiger partial charge on any atom is 0.258 e. The Labute approximate surface area is 294 Å². The van der Waals surface area contributed by atoms with E-state index in [0.717, 1.165) is 70.0 Å². The molecule has 2 aromatic carbocycles. The number of ether oxygens (including phenoxy) is 1. The van der Waals surface area contributed by atoms with Crippen LogP contribution in [-0.4, -0.2) is 66.4 Å². The van der Waals surface area contributed by atoms with Gasteiger partial charge in [-0.25, -0.2) is 14.4 Å². The van der Waals surface area contributed by atoms with Crippen molar-refractivity contribution in [2.24, 2.45) is 5.41 Å². The van der Waals surface area contributed by atoms with Gasteiger partial charge in [0.15, 0.2) is 5.01 Å². The van der Waals surface area contributed by atoms with Gasteiger partial charge < -0.3 is 24.6 Å². The Morgan fingerprint density at radius 3 is 2.45 bits per heavy atom. The van der Waals surface area contributed by atoms with Gasteiger partial charge in [-0.15, -0.1) is 11.3 Å². The predicted octanol–water partition coefficient (Wildman–Crippen LogP) is 7.53. The number of carbonyl (C=O) groups is 2. The van der Waals surface area contributed by atoms with Crippen LogP contribution in [-0.2, 0) is 16.0 Å². The number of anilines is 3. The van der Waals surface area contributed by atoms with Gasteiger partial charge >= 0.3 is 0 Å². The maximum atomic E-state index is 14.2. The number of nitrogens with one attached hydrogen (secondary N) is 1. The zero-order valence-electron chi connectivity index (χ0n) is 27.8. The zero-order chi connectivity index (χ0) is 34.4. The highest BCUT2D eigenvalue weighted by molar-refractivity contribution is 7.22. The molecule has 3 aliphatic heterocycles. The number of hydrogen-bond acceptors (Lipinski definition) is 10. The Bertz CT molecular complexity index is 1870. The summed E-state index contributed by atoms with van der Waals surface area (Å²) in [7, 11) is 1.83. The van der Waals surface area contributed by atoms with Gasteiger partial charge in [-0.1, -0.05) is 6.07 Å². The smallest absolute Gasteiger partial charge is 0.258 e. The number of amides is 1. The first kappa shape index (κ1) is 34.3. The summed E-state index contributed by atoms with van der Waals surface area (Å²) in [5.41, 5.74) is 5.87. The van der Waals surface area contributed by atoms with Crippen molar-refractivity contribution >= 4 is 52.3 Å². The van der Waals surface area contributed by atoms with Gasteiger partial charge in [0.25, 0.3) is 5.91 Å². The highest BCUT2D eigenvalue weighted by atomic mass is 32.1. The van der Waals surface area contributed by atoms with Crippen LogP contribution in [0.5, 0.6) is 0 Å². The van der Waals surface area contributed by atoms with Crippen molar-refractivity contribution in [3.8, 4) is 20.3 Å². The van der Waals surface area contributed by atoms with E-state index in [-0.39, 0.29) is 11.7 Å². The summed E-state index contributed by atoms with van der Waals surface area (Å²) in [6, 6.07) is 18.4. The molecule has 3 aliphatic rings. The van der Waals surface area contributed by atoms with E-state index in [4.69, 9.17) is 9.53 Å². The average molecular weight is 699 g/mol. The molecule has 0 aliphatic carbocycles. The van der Waals surface area contributed by atoms with Crippen molar-refractivity contribution in [3.05, 3.63) is 95.7 Å². The van der Waals surface area contributed by atoms with Crippen LogP contribution in [0, 0.1) is 18.2 Å². The van der Waals surface area contributed by atoms with E-state index < -0.39 is 0 Å². The molecule has 12 heteroatoms. The topological polar surface area (TPSA) is 101 Å². The molecule has 2 saturated heterocycles. The standard InChI is InChI=1S/C22H17FN4OS2.C13H18N2O.C2H4O/c1-24-16-5-2-13(3-6-16)22(28)27-9-8-14-10-19(21-25-12-26-30-21)29-20(14)17-7-4-15(23)11-18(17)27;1-11-2-3-12(14-8-11)15-9-13(10-15)4-6-16-7-5-13;1-2-3/h2-7,10-12,24H,8-9H2,1H3;2-3,8H,4-7,9-10H2,1H3;2H,1H3. The van der Waals surface area contributed by atoms with Crippen LogP contribution in [0.15, 0.2) is 73.2 Å². The van der Waals surface area contributed by atoms with Crippen LogP contribution in [0.2, 0.25) is 0 Å². The summed E-state index contributed by atoms with van der Waals surface area (Å²) >= 11 is 2.96. The number of fused-ring (bicyclic) bond motifs is 3. The second-order valence-corrected chi connectivity index (χ2v) is 14.1. The van der Waals surface area contributed by atoms with E-state index >= 15 is 0 Å². The van der Waals surface area contributed by atoms with E-state index in [9.17, 15) is 9.18 Å². The normalized spacial score (nSPS) is 15.7. The van der Waals surface area contributed by atoms with Crippen molar-refractivity contribution in [3.63, 3.8) is 0 Å². The number of halogens is 1. The number of aldehydes is 1. The first-order chi connectivity index (χ1) is 23.8. The summed E-state index contributed by atoms with van der Waals surface area (Å²) in [4.78, 5) is 37.1. The second kappa shape index (κ2) is 15.4. The summed E-state index contributed by atoms with van der Waals surface area (Å²) in [6.07, 6.45) is 7.37. The first-order valence-corrected chi connectivity index (χ1v) is 17.9. The maximum absolute atomic E-state index is 14.2. The molecule has 6 heterocycles. The van der Waals surface area contributed by atoms with Gasteiger partial charge in [0, 0.05) is 73.2 Å². The molecule has 49 heavy (non-hydrogen) atoms. The summed E-state index contributed by atoms with van der Waals surface area (Å²) in [5.74, 6) is 0.633. The van der Waals surface area contributed by atoms with Crippen molar-refractivity contribution in [1.82, 2.24) is 14.3 Å². The first-order valence-electron chi connectivity index (χ1n) is 16.3. The Morgan fingerprint density at radius 1 is 1.04 bits per heavy atom. The third-order valence-electron chi connectivity index (χ3n) is 8.97. The monoisotopic (exact) mass is 698 g/mol. The molecule has 0 radical (unpaired) electrons. The Morgan fingerprint density at radius 2 is 1.80 bits per heavy atom. The van der Waals surface area contributed by atoms with E-state index in [2.05, 4.69) is 49.7 Å². The van der Waals surface area contributed by atoms with Gasteiger partial charge in [-0.3, -0.25) is 4.79 Å². The molecule has 2 fully saturated rings. The molecule has 1 N–H and O–H groups in total. The van der Waals surface area contributed by atoms with E-state index in [1.165, 1.54) is 49.0 Å². The minimum absolute atomic E-state index is 0.135. The fourth-order valence-corrected chi connectivity index (χ4v) is 8.15. The minimum atomic E-state index is -0.360. The number of pyridine rings is 1. The number of rotatable bonds is 4. The van der Waals surface area contributed by atoms with Gasteiger partial charge in [-0.05, 0) is 110 Å². The lowest BCUT2D eigenvalue weighted by Gasteiger charge is -2.52. The molecular weight excluding hydrogens is 660 g/mol. The van der Waals surface area contributed by atoms with E-state index in [1.54, 1.807) is 40.8 Å². The second-order valence-electron chi connectivity index (χ2n) is 12.3. The molecule has 1 spiro atoms. The summed E-state index contributed by atoms with van der Waals surface area (Å²) in [6.45, 7) is 8.19. The number of nitrogens with zero attached hydrogens (tertiary/aromatic N) is 5. The Balaban J connectivity index is 0.000000183. The molecule has 9 nitrogen and oxygen atoms in total. The van der Waals surface area contributed by atoms with Crippen LogP contribution in [0.25, 0.3) is 20.3 Å². The molecule has 0 bridgehead atoms. The van der Waals surface area contributed by atoms with Gasteiger partial charge in [0.1, 0.15) is 24.2 Å². The molecule has 3 aromatic heterocycles. The average Bonchev–Trinajstić information content (AvgIpc) is 3.77.